The number of likely N-dealkylation sites (tertiary alicyclic amines) is 1. The average molecular weight is 276 g/mol. The smallest absolute Gasteiger partial charge is 0.303 e. The molecule has 1 aliphatic heterocycles. The standard InChI is InChI=1S/C15H20N2O3/c16-13-5-1-3-11(7-13)8-14(18)17-6-2-4-12(10-17)9-15(19)20/h1,3,5,7,12H,2,4,6,8-10,16H2,(H,19,20). The number of hydrogen-bond acceptors (Lipinski definition) is 3. The third-order valence-electron chi connectivity index (χ3n) is 3.64. The number of carbonyl (C=O) groups excluding carboxylic acids is 1. The van der Waals surface area contributed by atoms with Crippen molar-refractivity contribution in [3.8, 4) is 0 Å². The summed E-state index contributed by atoms with van der Waals surface area (Å²) in [5.41, 5.74) is 7.25. The first-order chi connectivity index (χ1) is 9.54. The molecule has 0 radical (unpaired) electrons. The number of carbonyl (C=O) groups is 2. The Morgan fingerprint density at radius 1 is 1.40 bits per heavy atom. The molecule has 1 atom stereocenters. The summed E-state index contributed by atoms with van der Waals surface area (Å²) >= 11 is 0. The zero-order valence-corrected chi connectivity index (χ0v) is 11.4. The summed E-state index contributed by atoms with van der Waals surface area (Å²) in [5.74, 6) is -0.670. The van der Waals surface area contributed by atoms with Gasteiger partial charge in [0.1, 0.15) is 0 Å². The predicted octanol–water partition coefficient (Wildman–Crippen LogP) is 1.52. The maximum absolute atomic E-state index is 12.2. The molecule has 0 spiro atoms. The van der Waals surface area contributed by atoms with Crippen molar-refractivity contribution in [1.82, 2.24) is 4.90 Å². The van der Waals surface area contributed by atoms with E-state index in [-0.39, 0.29) is 18.2 Å². The van der Waals surface area contributed by atoms with Gasteiger partial charge in [-0.15, -0.1) is 0 Å². The van der Waals surface area contributed by atoms with Crippen LogP contribution < -0.4 is 5.73 Å². The van der Waals surface area contributed by atoms with Gasteiger partial charge in [0.2, 0.25) is 5.91 Å². The van der Waals surface area contributed by atoms with Crippen molar-refractivity contribution in [3.63, 3.8) is 0 Å². The van der Waals surface area contributed by atoms with Gasteiger partial charge in [-0.25, -0.2) is 0 Å². The molecule has 0 bridgehead atoms. The topological polar surface area (TPSA) is 83.6 Å². The Morgan fingerprint density at radius 3 is 2.90 bits per heavy atom. The Hall–Kier alpha value is -2.04. The van der Waals surface area contributed by atoms with E-state index in [1.807, 2.05) is 12.1 Å². The van der Waals surface area contributed by atoms with Crippen molar-refractivity contribution in [2.75, 3.05) is 18.8 Å². The van der Waals surface area contributed by atoms with E-state index in [1.54, 1.807) is 17.0 Å². The van der Waals surface area contributed by atoms with Gasteiger partial charge in [-0.05, 0) is 36.5 Å². The summed E-state index contributed by atoms with van der Waals surface area (Å²) in [6, 6.07) is 7.31. The van der Waals surface area contributed by atoms with Crippen molar-refractivity contribution in [2.24, 2.45) is 5.92 Å². The number of nitrogens with zero attached hydrogens (tertiary/aromatic N) is 1. The molecule has 5 nitrogen and oxygen atoms in total. The normalized spacial score (nSPS) is 18.8. The van der Waals surface area contributed by atoms with Gasteiger partial charge in [-0.3, -0.25) is 9.59 Å². The lowest BCUT2D eigenvalue weighted by Crippen LogP contribution is -2.41. The van der Waals surface area contributed by atoms with Crippen LogP contribution in [0.2, 0.25) is 0 Å². The molecular weight excluding hydrogens is 256 g/mol. The lowest BCUT2D eigenvalue weighted by Gasteiger charge is -2.32. The third-order valence-corrected chi connectivity index (χ3v) is 3.64. The highest BCUT2D eigenvalue weighted by atomic mass is 16.4. The fourth-order valence-corrected chi connectivity index (χ4v) is 2.69. The largest absolute Gasteiger partial charge is 0.481 e. The van der Waals surface area contributed by atoms with Crippen molar-refractivity contribution in [2.45, 2.75) is 25.7 Å². The minimum absolute atomic E-state index is 0.0469. The van der Waals surface area contributed by atoms with Gasteiger partial charge >= 0.3 is 5.97 Å². The SMILES string of the molecule is Nc1cccc(CC(=O)N2CCCC(CC(=O)O)C2)c1. The number of benzene rings is 1. The number of carboxylic acids is 1. The number of rotatable bonds is 4. The molecule has 2 rings (SSSR count). The molecule has 0 aliphatic carbocycles. The quantitative estimate of drug-likeness (QED) is 0.817. The fourth-order valence-electron chi connectivity index (χ4n) is 2.69. The molecule has 1 saturated heterocycles. The molecule has 1 aromatic rings. The number of hydrogen-bond donors (Lipinski definition) is 2. The number of nitrogen functional groups attached to an aromatic ring is 1. The van der Waals surface area contributed by atoms with Crippen molar-refractivity contribution in [3.05, 3.63) is 29.8 Å². The summed E-state index contributed by atoms with van der Waals surface area (Å²) in [5, 5.41) is 8.84. The second kappa shape index (κ2) is 6.41. The maximum atomic E-state index is 12.2. The van der Waals surface area contributed by atoms with E-state index < -0.39 is 5.97 Å². The number of amides is 1. The van der Waals surface area contributed by atoms with Gasteiger partial charge in [0.05, 0.1) is 6.42 Å². The van der Waals surface area contributed by atoms with Crippen molar-refractivity contribution >= 4 is 17.6 Å². The first-order valence-electron chi connectivity index (χ1n) is 6.88. The Labute approximate surface area is 118 Å². The van der Waals surface area contributed by atoms with Crippen LogP contribution in [0.25, 0.3) is 0 Å². The van der Waals surface area contributed by atoms with Crippen molar-refractivity contribution in [1.29, 1.82) is 0 Å². The van der Waals surface area contributed by atoms with Gasteiger partial charge in [0, 0.05) is 25.2 Å². The minimum Gasteiger partial charge on any atom is -0.481 e. The lowest BCUT2D eigenvalue weighted by atomic mass is 9.94. The molecule has 0 saturated carbocycles. The average Bonchev–Trinajstić information content (AvgIpc) is 2.38. The molecule has 1 aromatic carbocycles. The first-order valence-corrected chi connectivity index (χ1v) is 6.88. The lowest BCUT2D eigenvalue weighted by molar-refractivity contribution is -0.140. The summed E-state index contributed by atoms with van der Waals surface area (Å²) in [6.45, 7) is 1.27. The van der Waals surface area contributed by atoms with Crippen LogP contribution in [0, 0.1) is 5.92 Å². The van der Waals surface area contributed by atoms with E-state index in [2.05, 4.69) is 0 Å². The molecule has 1 amide bonds. The van der Waals surface area contributed by atoms with E-state index in [0.717, 1.165) is 24.9 Å². The highest BCUT2D eigenvalue weighted by Gasteiger charge is 2.25. The molecule has 3 N–H and O–H groups in total. The van der Waals surface area contributed by atoms with Crippen LogP contribution in [-0.2, 0) is 16.0 Å². The molecule has 108 valence electrons. The molecule has 1 unspecified atom stereocenters. The zero-order chi connectivity index (χ0) is 14.5. The minimum atomic E-state index is -0.792. The van der Waals surface area contributed by atoms with Crippen LogP contribution in [0.1, 0.15) is 24.8 Å². The third kappa shape index (κ3) is 3.98. The molecule has 0 aromatic heterocycles. The Balaban J connectivity index is 1.93. The van der Waals surface area contributed by atoms with Crippen LogP contribution in [0.5, 0.6) is 0 Å². The molecular formula is C15H20N2O3. The number of anilines is 1. The van der Waals surface area contributed by atoms with Crippen LogP contribution in [0.4, 0.5) is 5.69 Å². The van der Waals surface area contributed by atoms with Crippen LogP contribution in [-0.4, -0.2) is 35.0 Å². The first kappa shape index (κ1) is 14.4. The molecule has 5 heteroatoms. The van der Waals surface area contributed by atoms with Crippen LogP contribution >= 0.6 is 0 Å². The Bertz CT molecular complexity index is 502. The highest BCUT2D eigenvalue weighted by molar-refractivity contribution is 5.79. The number of carboxylic acid groups (broad SMARTS) is 1. The Kier molecular flexibility index (Phi) is 4.61. The monoisotopic (exact) mass is 276 g/mol. The zero-order valence-electron chi connectivity index (χ0n) is 11.4. The number of nitrogens with two attached hydrogens (primary N) is 1. The summed E-state index contributed by atoms with van der Waals surface area (Å²) in [4.78, 5) is 24.8. The van der Waals surface area contributed by atoms with Gasteiger partial charge < -0.3 is 15.7 Å². The van der Waals surface area contributed by atoms with E-state index in [4.69, 9.17) is 10.8 Å². The second-order valence-corrected chi connectivity index (χ2v) is 5.37. The molecule has 20 heavy (non-hydrogen) atoms. The van der Waals surface area contributed by atoms with Crippen molar-refractivity contribution < 1.29 is 14.7 Å². The number of piperidine rings is 1. The van der Waals surface area contributed by atoms with E-state index in [0.29, 0.717) is 18.7 Å². The fraction of sp³-hybridized carbons (Fsp3) is 0.467. The van der Waals surface area contributed by atoms with E-state index in [9.17, 15) is 9.59 Å². The number of aliphatic carboxylic acids is 1. The molecule has 1 aliphatic rings. The molecule has 1 heterocycles. The maximum Gasteiger partial charge on any atom is 0.303 e. The summed E-state index contributed by atoms with van der Waals surface area (Å²) in [7, 11) is 0. The van der Waals surface area contributed by atoms with Gasteiger partial charge in [0.15, 0.2) is 0 Å². The summed E-state index contributed by atoms with van der Waals surface area (Å²) < 4.78 is 0. The second-order valence-electron chi connectivity index (χ2n) is 5.37. The van der Waals surface area contributed by atoms with E-state index in [1.165, 1.54) is 0 Å². The van der Waals surface area contributed by atoms with Gasteiger partial charge in [0.25, 0.3) is 0 Å². The highest BCUT2D eigenvalue weighted by Crippen LogP contribution is 2.20. The predicted molar refractivity (Wildman–Crippen MR) is 76.1 cm³/mol. The van der Waals surface area contributed by atoms with Crippen LogP contribution in [0.3, 0.4) is 0 Å². The van der Waals surface area contributed by atoms with Gasteiger partial charge in [-0.1, -0.05) is 12.1 Å². The Morgan fingerprint density at radius 2 is 2.20 bits per heavy atom. The van der Waals surface area contributed by atoms with E-state index >= 15 is 0 Å². The van der Waals surface area contributed by atoms with Crippen LogP contribution in [0.15, 0.2) is 24.3 Å². The molecule has 1 fully saturated rings. The van der Waals surface area contributed by atoms with Gasteiger partial charge in [-0.2, -0.15) is 0 Å². The summed E-state index contributed by atoms with van der Waals surface area (Å²) in [6.07, 6.45) is 2.22.